The summed E-state index contributed by atoms with van der Waals surface area (Å²) in [4.78, 5) is 28.1. The number of nitrogens with one attached hydrogen (secondary N) is 2. The first-order chi connectivity index (χ1) is 6.99. The Kier molecular flexibility index (Phi) is 3.43. The van der Waals surface area contributed by atoms with Crippen molar-refractivity contribution in [2.24, 2.45) is 5.92 Å². The smallest absolute Gasteiger partial charge is 0.308 e. The van der Waals surface area contributed by atoms with Crippen LogP contribution < -0.4 is 10.9 Å². The molecule has 0 saturated heterocycles. The summed E-state index contributed by atoms with van der Waals surface area (Å²) in [5.41, 5.74) is -0.257. The maximum absolute atomic E-state index is 11.0. The number of H-pyrrole nitrogens is 1. The van der Waals surface area contributed by atoms with Gasteiger partial charge in [0.15, 0.2) is 0 Å². The van der Waals surface area contributed by atoms with Gasteiger partial charge in [-0.15, -0.1) is 0 Å². The van der Waals surface area contributed by atoms with Gasteiger partial charge in [-0.05, 0) is 6.92 Å². The number of aliphatic carboxylic acids is 1. The highest BCUT2D eigenvalue weighted by Gasteiger charge is 2.10. The maximum atomic E-state index is 11.0. The number of anilines is 1. The molecule has 0 amide bonds. The molecule has 0 aromatic carbocycles. The van der Waals surface area contributed by atoms with Gasteiger partial charge in [-0.3, -0.25) is 9.59 Å². The molecule has 0 aliphatic heterocycles. The van der Waals surface area contributed by atoms with Crippen LogP contribution in [0.25, 0.3) is 0 Å². The fraction of sp³-hybridized carbons (Fsp3) is 0.444. The number of hydrogen-bond donors (Lipinski definition) is 3. The largest absolute Gasteiger partial charge is 0.481 e. The Morgan fingerprint density at radius 3 is 2.93 bits per heavy atom. The third kappa shape index (κ3) is 3.41. The van der Waals surface area contributed by atoms with Crippen LogP contribution in [0.1, 0.15) is 12.7 Å². The monoisotopic (exact) mass is 211 g/mol. The Labute approximate surface area is 86.4 Å². The number of aryl methyl sites for hydroxylation is 1. The SMILES string of the molecule is Cc1nc(NCC(C)C(=O)O)cc(=O)[nH]1. The van der Waals surface area contributed by atoms with Gasteiger partial charge in [0.25, 0.3) is 5.56 Å². The first-order valence-electron chi connectivity index (χ1n) is 4.53. The molecule has 15 heavy (non-hydrogen) atoms. The van der Waals surface area contributed by atoms with Gasteiger partial charge >= 0.3 is 5.97 Å². The first-order valence-corrected chi connectivity index (χ1v) is 4.53. The van der Waals surface area contributed by atoms with E-state index in [4.69, 9.17) is 5.11 Å². The molecule has 1 aromatic rings. The molecule has 1 heterocycles. The predicted octanol–water partition coefficient (Wildman–Crippen LogP) is 0.211. The van der Waals surface area contributed by atoms with Crippen LogP contribution in [0.15, 0.2) is 10.9 Å². The van der Waals surface area contributed by atoms with Crippen LogP contribution in [0, 0.1) is 12.8 Å². The van der Waals surface area contributed by atoms with Crippen molar-refractivity contribution in [1.82, 2.24) is 9.97 Å². The van der Waals surface area contributed by atoms with Crippen LogP contribution in [-0.2, 0) is 4.79 Å². The number of aromatic nitrogens is 2. The maximum Gasteiger partial charge on any atom is 0.308 e. The summed E-state index contributed by atoms with van der Waals surface area (Å²) in [7, 11) is 0. The fourth-order valence-electron chi connectivity index (χ4n) is 1.01. The molecule has 0 saturated carbocycles. The van der Waals surface area contributed by atoms with E-state index in [1.165, 1.54) is 6.07 Å². The number of rotatable bonds is 4. The number of nitrogens with zero attached hydrogens (tertiary/aromatic N) is 1. The van der Waals surface area contributed by atoms with E-state index in [9.17, 15) is 9.59 Å². The number of hydrogen-bond acceptors (Lipinski definition) is 4. The molecule has 0 spiro atoms. The lowest BCUT2D eigenvalue weighted by Gasteiger charge is -2.08. The zero-order valence-electron chi connectivity index (χ0n) is 8.57. The Morgan fingerprint density at radius 1 is 1.73 bits per heavy atom. The zero-order chi connectivity index (χ0) is 11.4. The molecule has 0 radical (unpaired) electrons. The summed E-state index contributed by atoms with van der Waals surface area (Å²) in [5.74, 6) is -0.521. The standard InChI is InChI=1S/C9H13N3O3/c1-5(9(14)15)4-10-7-3-8(13)12-6(2)11-7/h3,5H,4H2,1-2H3,(H,14,15)(H2,10,11,12,13). The van der Waals surface area contributed by atoms with E-state index >= 15 is 0 Å². The predicted molar refractivity (Wildman–Crippen MR) is 54.9 cm³/mol. The Morgan fingerprint density at radius 2 is 2.40 bits per heavy atom. The number of carbonyl (C=O) groups is 1. The lowest BCUT2D eigenvalue weighted by Crippen LogP contribution is -2.21. The number of carboxylic acids is 1. The summed E-state index contributed by atoms with van der Waals surface area (Å²) in [5, 5.41) is 11.4. The lowest BCUT2D eigenvalue weighted by atomic mass is 10.2. The van der Waals surface area contributed by atoms with Crippen molar-refractivity contribution in [2.45, 2.75) is 13.8 Å². The van der Waals surface area contributed by atoms with Crippen molar-refractivity contribution < 1.29 is 9.90 Å². The molecule has 0 bridgehead atoms. The number of aromatic amines is 1. The van der Waals surface area contributed by atoms with Gasteiger partial charge in [0, 0.05) is 12.6 Å². The average Bonchev–Trinajstić information content (AvgIpc) is 2.12. The minimum Gasteiger partial charge on any atom is -0.481 e. The van der Waals surface area contributed by atoms with Gasteiger partial charge < -0.3 is 15.4 Å². The van der Waals surface area contributed by atoms with Crippen molar-refractivity contribution in [3.8, 4) is 0 Å². The second-order valence-electron chi connectivity index (χ2n) is 3.34. The van der Waals surface area contributed by atoms with Crippen LogP contribution in [0.5, 0.6) is 0 Å². The van der Waals surface area contributed by atoms with Gasteiger partial charge in [0.1, 0.15) is 11.6 Å². The van der Waals surface area contributed by atoms with E-state index in [1.54, 1.807) is 13.8 Å². The zero-order valence-corrected chi connectivity index (χ0v) is 8.57. The van der Waals surface area contributed by atoms with Gasteiger partial charge in [-0.1, -0.05) is 6.92 Å². The Bertz CT molecular complexity index is 413. The molecular weight excluding hydrogens is 198 g/mol. The van der Waals surface area contributed by atoms with Crippen molar-refractivity contribution in [3.63, 3.8) is 0 Å². The van der Waals surface area contributed by atoms with Crippen LogP contribution >= 0.6 is 0 Å². The highest BCUT2D eigenvalue weighted by molar-refractivity contribution is 5.70. The minimum atomic E-state index is -0.885. The van der Waals surface area contributed by atoms with Crippen molar-refractivity contribution >= 4 is 11.8 Å². The van der Waals surface area contributed by atoms with E-state index < -0.39 is 11.9 Å². The second kappa shape index (κ2) is 4.59. The van der Waals surface area contributed by atoms with Crippen LogP contribution in [0.4, 0.5) is 5.82 Å². The molecule has 0 fully saturated rings. The minimum absolute atomic E-state index is 0.241. The van der Waals surface area contributed by atoms with Crippen molar-refractivity contribution in [3.05, 3.63) is 22.2 Å². The Balaban J connectivity index is 2.65. The van der Waals surface area contributed by atoms with Crippen molar-refractivity contribution in [2.75, 3.05) is 11.9 Å². The molecule has 6 heteroatoms. The van der Waals surface area contributed by atoms with E-state index in [0.29, 0.717) is 11.6 Å². The molecule has 3 N–H and O–H groups in total. The average molecular weight is 211 g/mol. The molecule has 6 nitrogen and oxygen atoms in total. The van der Waals surface area contributed by atoms with Crippen LogP contribution in [0.3, 0.4) is 0 Å². The Hall–Kier alpha value is -1.85. The normalized spacial score (nSPS) is 12.1. The van der Waals surface area contributed by atoms with Gasteiger partial charge in [-0.2, -0.15) is 0 Å². The first kappa shape index (κ1) is 11.2. The molecule has 1 rings (SSSR count). The molecular formula is C9H13N3O3. The summed E-state index contributed by atoms with van der Waals surface area (Å²) in [6.07, 6.45) is 0. The summed E-state index contributed by atoms with van der Waals surface area (Å²) < 4.78 is 0. The molecule has 1 atom stereocenters. The van der Waals surface area contributed by atoms with Crippen LogP contribution in [0.2, 0.25) is 0 Å². The van der Waals surface area contributed by atoms with Crippen molar-refractivity contribution in [1.29, 1.82) is 0 Å². The second-order valence-corrected chi connectivity index (χ2v) is 3.34. The van der Waals surface area contributed by atoms with E-state index in [-0.39, 0.29) is 12.1 Å². The summed E-state index contributed by atoms with van der Waals surface area (Å²) in [6, 6.07) is 1.29. The third-order valence-electron chi connectivity index (χ3n) is 1.87. The van der Waals surface area contributed by atoms with Gasteiger partial charge in [0.2, 0.25) is 0 Å². The third-order valence-corrected chi connectivity index (χ3v) is 1.87. The van der Waals surface area contributed by atoms with E-state index in [2.05, 4.69) is 15.3 Å². The highest BCUT2D eigenvalue weighted by atomic mass is 16.4. The van der Waals surface area contributed by atoms with Crippen LogP contribution in [-0.4, -0.2) is 27.6 Å². The molecule has 1 aromatic heterocycles. The molecule has 0 aliphatic carbocycles. The summed E-state index contributed by atoms with van der Waals surface area (Å²) in [6.45, 7) is 3.48. The highest BCUT2D eigenvalue weighted by Crippen LogP contribution is 2.01. The lowest BCUT2D eigenvalue weighted by molar-refractivity contribution is -0.140. The van der Waals surface area contributed by atoms with E-state index in [0.717, 1.165) is 0 Å². The number of carboxylic acid groups (broad SMARTS) is 1. The van der Waals surface area contributed by atoms with Gasteiger partial charge in [0.05, 0.1) is 5.92 Å². The molecule has 1 unspecified atom stereocenters. The fourth-order valence-corrected chi connectivity index (χ4v) is 1.01. The van der Waals surface area contributed by atoms with E-state index in [1.807, 2.05) is 0 Å². The topological polar surface area (TPSA) is 95.1 Å². The quantitative estimate of drug-likeness (QED) is 0.661. The summed E-state index contributed by atoms with van der Waals surface area (Å²) >= 11 is 0. The van der Waals surface area contributed by atoms with Gasteiger partial charge in [-0.25, -0.2) is 4.98 Å². The molecule has 0 aliphatic rings. The molecule has 82 valence electrons.